The van der Waals surface area contributed by atoms with E-state index in [1.807, 2.05) is 56.6 Å². The molecular weight excluding hydrogens is 665 g/mol. The third-order valence-electron chi connectivity index (χ3n) is 10.3. The summed E-state index contributed by atoms with van der Waals surface area (Å²) in [4.78, 5) is 20.2. The van der Waals surface area contributed by atoms with Gasteiger partial charge in [0.2, 0.25) is 0 Å². The number of rotatable bonds is 12. The SMILES string of the molecule is CC[C@@H]1CN(Cc2cc([C@](COP(C)(=O)Oc3ccccc3)(c3ccc4c(nnn4C)c3C)C(C)(C)C(=O)O)ccc2C)Cc2cnccc2O1. The van der Waals surface area contributed by atoms with E-state index in [-0.39, 0.29) is 12.7 Å². The molecule has 0 amide bonds. The Bertz CT molecular complexity index is 2100. The van der Waals surface area contributed by atoms with E-state index in [4.69, 9.17) is 13.8 Å². The number of benzene rings is 3. The average Bonchev–Trinajstić information content (AvgIpc) is 3.38. The number of ether oxygens (including phenoxy) is 1. The van der Waals surface area contributed by atoms with Crippen LogP contribution in [0.5, 0.6) is 11.5 Å². The van der Waals surface area contributed by atoms with Crippen LogP contribution in [0.3, 0.4) is 0 Å². The predicted molar refractivity (Wildman–Crippen MR) is 196 cm³/mol. The zero-order chi connectivity index (χ0) is 36.6. The van der Waals surface area contributed by atoms with Crippen molar-refractivity contribution >= 4 is 24.6 Å². The van der Waals surface area contributed by atoms with Crippen LogP contribution in [0.1, 0.15) is 60.6 Å². The lowest BCUT2D eigenvalue weighted by Gasteiger charge is -2.46. The summed E-state index contributed by atoms with van der Waals surface area (Å²) in [6, 6.07) is 20.6. The quantitative estimate of drug-likeness (QED) is 0.130. The molecule has 1 aliphatic heterocycles. The molecule has 2 aromatic heterocycles. The molecule has 0 bridgehead atoms. The molecule has 0 saturated heterocycles. The molecule has 0 spiro atoms. The highest BCUT2D eigenvalue weighted by Crippen LogP contribution is 2.54. The summed E-state index contributed by atoms with van der Waals surface area (Å²) in [5.74, 6) is 0.201. The van der Waals surface area contributed by atoms with Crippen LogP contribution in [-0.4, -0.2) is 61.9 Å². The smallest absolute Gasteiger partial charge is 0.376 e. The maximum Gasteiger partial charge on any atom is 0.376 e. The van der Waals surface area contributed by atoms with Gasteiger partial charge in [0.1, 0.15) is 23.1 Å². The number of carboxylic acid groups (broad SMARTS) is 1. The van der Waals surface area contributed by atoms with Crippen molar-refractivity contribution in [3.05, 3.63) is 113 Å². The van der Waals surface area contributed by atoms with E-state index in [0.29, 0.717) is 42.0 Å². The summed E-state index contributed by atoms with van der Waals surface area (Å²) in [5.41, 5.74) is 3.86. The Morgan fingerprint density at radius 2 is 1.86 bits per heavy atom. The molecule has 3 atom stereocenters. The Labute approximate surface area is 299 Å². The van der Waals surface area contributed by atoms with Crippen LogP contribution in [0.4, 0.5) is 0 Å². The minimum atomic E-state index is -3.76. The highest BCUT2D eigenvalue weighted by atomic mass is 31.2. The van der Waals surface area contributed by atoms with Gasteiger partial charge in [-0.1, -0.05) is 54.6 Å². The maximum atomic E-state index is 14.0. The van der Waals surface area contributed by atoms with Gasteiger partial charge in [-0.05, 0) is 86.2 Å². The predicted octanol–water partition coefficient (Wildman–Crippen LogP) is 7.47. The van der Waals surface area contributed by atoms with Crippen LogP contribution in [0.15, 0.2) is 79.1 Å². The lowest BCUT2D eigenvalue weighted by Crippen LogP contribution is -2.51. The number of aliphatic carboxylic acids is 1. The van der Waals surface area contributed by atoms with Crippen LogP contribution in [0.2, 0.25) is 0 Å². The molecule has 1 aliphatic rings. The first-order valence-electron chi connectivity index (χ1n) is 17.2. The second-order valence-corrected chi connectivity index (χ2v) is 16.0. The van der Waals surface area contributed by atoms with Crippen molar-refractivity contribution in [1.29, 1.82) is 0 Å². The Hall–Kier alpha value is -4.57. The molecule has 6 rings (SSSR count). The Balaban J connectivity index is 1.50. The number of pyridine rings is 1. The molecule has 3 heterocycles. The number of hydrogen-bond acceptors (Lipinski definition) is 9. The van der Waals surface area contributed by atoms with E-state index in [9.17, 15) is 14.5 Å². The molecule has 0 saturated carbocycles. The molecule has 12 heteroatoms. The highest BCUT2D eigenvalue weighted by molar-refractivity contribution is 7.53. The summed E-state index contributed by atoms with van der Waals surface area (Å²) < 4.78 is 34.3. The topological polar surface area (TPSA) is 129 Å². The molecular formula is C39H46N5O6P. The number of carboxylic acids is 1. The van der Waals surface area contributed by atoms with Gasteiger partial charge in [0.05, 0.1) is 23.0 Å². The summed E-state index contributed by atoms with van der Waals surface area (Å²) in [6.07, 6.45) is 4.45. The van der Waals surface area contributed by atoms with Crippen molar-refractivity contribution in [2.45, 2.75) is 65.6 Å². The average molecular weight is 712 g/mol. The number of fused-ring (bicyclic) bond motifs is 2. The second kappa shape index (κ2) is 14.2. The molecule has 3 aromatic carbocycles. The second-order valence-electron chi connectivity index (χ2n) is 14.0. The maximum absolute atomic E-state index is 14.0. The number of nitrogens with zero attached hydrogens (tertiary/aromatic N) is 5. The van der Waals surface area contributed by atoms with E-state index in [0.717, 1.165) is 39.9 Å². The normalized spacial score (nSPS) is 17.5. The standard InChI is InChI=1S/C39H46N5O6P/c1-8-31-24-44(23-29-21-40-19-18-35(29)49-31)22-28-20-30(15-14-26(28)2)39(38(4,5)37(45)46,25-48-51(7,47)50-32-12-10-9-11-13-32)33-16-17-34-36(27(33)3)41-42-43(34)6/h9-21,31H,8,22-25H2,1-7H3,(H,45,46)/t31-,39-,51?/m1/s1. The molecule has 268 valence electrons. The van der Waals surface area contributed by atoms with Crippen molar-refractivity contribution in [1.82, 2.24) is 24.9 Å². The van der Waals surface area contributed by atoms with E-state index >= 15 is 0 Å². The van der Waals surface area contributed by atoms with Crippen molar-refractivity contribution in [2.75, 3.05) is 19.8 Å². The Morgan fingerprint density at radius 1 is 1.10 bits per heavy atom. The summed E-state index contributed by atoms with van der Waals surface area (Å²) in [5, 5.41) is 19.7. The monoisotopic (exact) mass is 711 g/mol. The molecule has 1 unspecified atom stereocenters. The van der Waals surface area contributed by atoms with Gasteiger partial charge >= 0.3 is 13.6 Å². The zero-order valence-corrected chi connectivity index (χ0v) is 31.2. The largest absolute Gasteiger partial charge is 0.489 e. The van der Waals surface area contributed by atoms with Crippen LogP contribution < -0.4 is 9.26 Å². The molecule has 0 fully saturated rings. The summed E-state index contributed by atoms with van der Waals surface area (Å²) in [6.45, 7) is 12.6. The van der Waals surface area contributed by atoms with E-state index in [1.54, 1.807) is 49.0 Å². The lowest BCUT2D eigenvalue weighted by molar-refractivity contribution is -0.151. The van der Waals surface area contributed by atoms with Gasteiger partial charge in [-0.25, -0.2) is 9.25 Å². The molecule has 0 radical (unpaired) electrons. The van der Waals surface area contributed by atoms with Crippen molar-refractivity contribution < 1.29 is 28.3 Å². The lowest BCUT2D eigenvalue weighted by atomic mass is 9.57. The van der Waals surface area contributed by atoms with Crippen LogP contribution >= 0.6 is 7.60 Å². The van der Waals surface area contributed by atoms with Gasteiger partial charge in [0.15, 0.2) is 0 Å². The zero-order valence-electron chi connectivity index (χ0n) is 30.3. The number of hydrogen-bond donors (Lipinski definition) is 1. The third kappa shape index (κ3) is 7.03. The highest BCUT2D eigenvalue weighted by Gasteiger charge is 2.55. The fraction of sp³-hybridized carbons (Fsp3) is 0.385. The van der Waals surface area contributed by atoms with E-state index in [1.165, 1.54) is 6.66 Å². The fourth-order valence-electron chi connectivity index (χ4n) is 7.13. The van der Waals surface area contributed by atoms with Crippen molar-refractivity contribution in [2.24, 2.45) is 12.5 Å². The minimum Gasteiger partial charge on any atom is -0.489 e. The molecule has 0 aliphatic carbocycles. The van der Waals surface area contributed by atoms with Gasteiger partial charge in [-0.3, -0.25) is 19.2 Å². The first kappa shape index (κ1) is 36.2. The van der Waals surface area contributed by atoms with E-state index < -0.39 is 24.4 Å². The van der Waals surface area contributed by atoms with Crippen molar-refractivity contribution in [3.63, 3.8) is 0 Å². The molecule has 51 heavy (non-hydrogen) atoms. The van der Waals surface area contributed by atoms with Crippen molar-refractivity contribution in [3.8, 4) is 11.5 Å². The Morgan fingerprint density at radius 3 is 2.59 bits per heavy atom. The minimum absolute atomic E-state index is 0.000227. The summed E-state index contributed by atoms with van der Waals surface area (Å²) >= 11 is 0. The number of carbonyl (C=O) groups is 1. The van der Waals surface area contributed by atoms with Crippen LogP contribution in [0.25, 0.3) is 11.0 Å². The molecule has 11 nitrogen and oxygen atoms in total. The summed E-state index contributed by atoms with van der Waals surface area (Å²) in [7, 11) is -1.94. The third-order valence-corrected chi connectivity index (χ3v) is 11.5. The van der Waals surface area contributed by atoms with Gasteiger partial charge in [-0.15, -0.1) is 5.10 Å². The van der Waals surface area contributed by atoms with E-state index in [2.05, 4.69) is 40.1 Å². The number of para-hydroxylation sites is 1. The first-order chi connectivity index (χ1) is 24.3. The number of aryl methyl sites for hydroxylation is 3. The molecule has 1 N–H and O–H groups in total. The number of aromatic nitrogens is 4. The van der Waals surface area contributed by atoms with Gasteiger partial charge in [-0.2, -0.15) is 0 Å². The van der Waals surface area contributed by atoms with Crippen LogP contribution in [-0.2, 0) is 39.4 Å². The van der Waals surface area contributed by atoms with Crippen LogP contribution in [0, 0.1) is 19.3 Å². The fourth-order valence-corrected chi connectivity index (χ4v) is 8.11. The Kier molecular flexibility index (Phi) is 10.1. The first-order valence-corrected chi connectivity index (χ1v) is 19.2. The van der Waals surface area contributed by atoms with Gasteiger partial charge < -0.3 is 14.4 Å². The molecule has 5 aromatic rings. The van der Waals surface area contributed by atoms with Gasteiger partial charge in [0.25, 0.3) is 0 Å². The van der Waals surface area contributed by atoms with Gasteiger partial charge in [0, 0.05) is 51.3 Å².